The third kappa shape index (κ3) is 1.83. The lowest BCUT2D eigenvalue weighted by Gasteiger charge is -2.11. The van der Waals surface area contributed by atoms with Gasteiger partial charge in [0.25, 0.3) is 0 Å². The first-order valence-electron chi connectivity index (χ1n) is 5.61. The molecule has 0 amide bonds. The fraction of sp³-hybridized carbons (Fsp3) is 0.462. The molecule has 86 valence electrons. The lowest BCUT2D eigenvalue weighted by Crippen LogP contribution is -2.29. The molecule has 0 radical (unpaired) electrons. The number of hydrogen-bond donors (Lipinski definition) is 1. The summed E-state index contributed by atoms with van der Waals surface area (Å²) in [5.41, 5.74) is 8.76. The van der Waals surface area contributed by atoms with Gasteiger partial charge in [0.05, 0.1) is 13.2 Å². The number of methoxy groups -OCH3 is 1. The maximum absolute atomic E-state index is 12.0. The Labute approximate surface area is 95.6 Å². The van der Waals surface area contributed by atoms with Gasteiger partial charge in [-0.25, -0.2) is 0 Å². The van der Waals surface area contributed by atoms with Crippen molar-refractivity contribution in [1.29, 1.82) is 0 Å². The average molecular weight is 219 g/mol. The van der Waals surface area contributed by atoms with Gasteiger partial charge in [-0.3, -0.25) is 4.79 Å². The zero-order valence-electron chi connectivity index (χ0n) is 9.75. The summed E-state index contributed by atoms with van der Waals surface area (Å²) in [5, 5.41) is 0. The summed E-state index contributed by atoms with van der Waals surface area (Å²) in [4.78, 5) is 12.0. The number of carbonyl (C=O) groups excluding carboxylic acids is 1. The van der Waals surface area contributed by atoms with Gasteiger partial charge in [-0.2, -0.15) is 0 Å². The maximum Gasteiger partial charge on any atom is 0.179 e. The average Bonchev–Trinajstić information content (AvgIpc) is 2.39. The monoisotopic (exact) mass is 219 g/mol. The molecule has 16 heavy (non-hydrogen) atoms. The van der Waals surface area contributed by atoms with Crippen LogP contribution in [-0.2, 0) is 6.42 Å². The molecular weight excluding hydrogens is 202 g/mol. The SMILES string of the molecule is COc1cc2c(cc1C)CCC[C@H](N)C2=O. The van der Waals surface area contributed by atoms with Gasteiger partial charge in [-0.15, -0.1) is 0 Å². The van der Waals surface area contributed by atoms with Crippen LogP contribution >= 0.6 is 0 Å². The summed E-state index contributed by atoms with van der Waals surface area (Å²) in [6.07, 6.45) is 2.68. The first-order chi connectivity index (χ1) is 7.63. The van der Waals surface area contributed by atoms with Crippen LogP contribution in [0, 0.1) is 6.92 Å². The van der Waals surface area contributed by atoms with E-state index in [1.54, 1.807) is 7.11 Å². The summed E-state index contributed by atoms with van der Waals surface area (Å²) in [6, 6.07) is 3.52. The molecule has 1 aliphatic carbocycles. The topological polar surface area (TPSA) is 52.3 Å². The Morgan fingerprint density at radius 2 is 2.19 bits per heavy atom. The van der Waals surface area contributed by atoms with Crippen LogP contribution in [0.5, 0.6) is 5.75 Å². The van der Waals surface area contributed by atoms with Gasteiger partial charge in [-0.05, 0) is 43.4 Å². The quantitative estimate of drug-likeness (QED) is 0.733. The van der Waals surface area contributed by atoms with Crippen LogP contribution in [0.15, 0.2) is 12.1 Å². The third-order valence-corrected chi connectivity index (χ3v) is 3.18. The normalized spacial score (nSPS) is 20.2. The first-order valence-corrected chi connectivity index (χ1v) is 5.61. The Morgan fingerprint density at radius 1 is 1.44 bits per heavy atom. The lowest BCUT2D eigenvalue weighted by atomic mass is 9.98. The molecule has 0 aromatic heterocycles. The van der Waals surface area contributed by atoms with Crippen molar-refractivity contribution in [3.63, 3.8) is 0 Å². The summed E-state index contributed by atoms with van der Waals surface area (Å²) in [6.45, 7) is 1.99. The molecule has 0 saturated carbocycles. The number of benzene rings is 1. The number of carbonyl (C=O) groups is 1. The van der Waals surface area contributed by atoms with Crippen molar-refractivity contribution in [2.45, 2.75) is 32.2 Å². The molecule has 0 unspecified atom stereocenters. The lowest BCUT2D eigenvalue weighted by molar-refractivity contribution is 0.0959. The van der Waals surface area contributed by atoms with Crippen molar-refractivity contribution in [3.05, 3.63) is 28.8 Å². The van der Waals surface area contributed by atoms with E-state index in [2.05, 4.69) is 0 Å². The largest absolute Gasteiger partial charge is 0.496 e. The molecule has 0 aliphatic heterocycles. The number of aryl methyl sites for hydroxylation is 2. The minimum atomic E-state index is -0.353. The van der Waals surface area contributed by atoms with Crippen LogP contribution in [0.4, 0.5) is 0 Å². The van der Waals surface area contributed by atoms with E-state index in [1.165, 1.54) is 0 Å². The van der Waals surface area contributed by atoms with Gasteiger partial charge in [-0.1, -0.05) is 6.07 Å². The first kappa shape index (κ1) is 11.1. The second-order valence-corrected chi connectivity index (χ2v) is 4.34. The van der Waals surface area contributed by atoms with E-state index in [-0.39, 0.29) is 11.8 Å². The van der Waals surface area contributed by atoms with Gasteiger partial charge < -0.3 is 10.5 Å². The molecule has 3 nitrogen and oxygen atoms in total. The van der Waals surface area contributed by atoms with Crippen molar-refractivity contribution >= 4 is 5.78 Å². The highest BCUT2D eigenvalue weighted by atomic mass is 16.5. The molecule has 0 spiro atoms. The summed E-state index contributed by atoms with van der Waals surface area (Å²) < 4.78 is 5.24. The zero-order valence-corrected chi connectivity index (χ0v) is 9.75. The van der Waals surface area contributed by atoms with Crippen LogP contribution < -0.4 is 10.5 Å². The molecular formula is C13H17NO2. The number of ketones is 1. The van der Waals surface area contributed by atoms with Crippen molar-refractivity contribution in [3.8, 4) is 5.75 Å². The van der Waals surface area contributed by atoms with Crippen molar-refractivity contribution < 1.29 is 9.53 Å². The van der Waals surface area contributed by atoms with E-state index in [1.807, 2.05) is 19.1 Å². The second kappa shape index (κ2) is 4.26. The van der Waals surface area contributed by atoms with E-state index in [0.29, 0.717) is 0 Å². The molecule has 0 bridgehead atoms. The third-order valence-electron chi connectivity index (χ3n) is 3.18. The minimum absolute atomic E-state index is 0.0470. The summed E-state index contributed by atoms with van der Waals surface area (Å²) in [7, 11) is 1.62. The second-order valence-electron chi connectivity index (χ2n) is 4.34. The number of fused-ring (bicyclic) bond motifs is 1. The maximum atomic E-state index is 12.0. The number of hydrogen-bond acceptors (Lipinski definition) is 3. The van der Waals surface area contributed by atoms with Gasteiger partial charge in [0.1, 0.15) is 5.75 Å². The molecule has 0 saturated heterocycles. The number of Topliss-reactive ketones (excluding diaryl/α,β-unsaturated/α-hetero) is 1. The molecule has 1 aliphatic rings. The van der Waals surface area contributed by atoms with Crippen LogP contribution in [0.3, 0.4) is 0 Å². The zero-order chi connectivity index (χ0) is 11.7. The minimum Gasteiger partial charge on any atom is -0.496 e. The Morgan fingerprint density at radius 3 is 2.88 bits per heavy atom. The van der Waals surface area contributed by atoms with Crippen LogP contribution in [0.2, 0.25) is 0 Å². The molecule has 3 heteroatoms. The number of ether oxygens (including phenoxy) is 1. The molecule has 1 atom stereocenters. The molecule has 0 fully saturated rings. The molecule has 2 rings (SSSR count). The summed E-state index contributed by atoms with van der Waals surface area (Å²) >= 11 is 0. The van der Waals surface area contributed by atoms with Crippen molar-refractivity contribution in [2.75, 3.05) is 7.11 Å². The fourth-order valence-electron chi connectivity index (χ4n) is 2.25. The van der Waals surface area contributed by atoms with Gasteiger partial charge in [0, 0.05) is 5.56 Å². The van der Waals surface area contributed by atoms with E-state index >= 15 is 0 Å². The van der Waals surface area contributed by atoms with E-state index in [4.69, 9.17) is 10.5 Å². The summed E-state index contributed by atoms with van der Waals surface area (Å²) in [5.74, 6) is 0.812. The highest BCUT2D eigenvalue weighted by molar-refractivity contribution is 6.02. The van der Waals surface area contributed by atoms with Crippen LogP contribution in [0.1, 0.15) is 34.3 Å². The Balaban J connectivity index is 2.53. The molecule has 2 N–H and O–H groups in total. The fourth-order valence-corrected chi connectivity index (χ4v) is 2.25. The number of nitrogens with two attached hydrogens (primary N) is 1. The smallest absolute Gasteiger partial charge is 0.179 e. The van der Waals surface area contributed by atoms with E-state index in [0.717, 1.165) is 41.7 Å². The molecule has 1 aromatic carbocycles. The van der Waals surface area contributed by atoms with Gasteiger partial charge in [0.2, 0.25) is 0 Å². The van der Waals surface area contributed by atoms with Gasteiger partial charge >= 0.3 is 0 Å². The Kier molecular flexibility index (Phi) is 2.97. The number of rotatable bonds is 1. The standard InChI is InChI=1S/C13H17NO2/c1-8-6-9-4-3-5-11(14)13(15)10(9)7-12(8)16-2/h6-7,11H,3-5,14H2,1-2H3/t11-/m0/s1. The van der Waals surface area contributed by atoms with Gasteiger partial charge in [0.15, 0.2) is 5.78 Å². The molecule has 1 aromatic rings. The van der Waals surface area contributed by atoms with Crippen LogP contribution in [-0.4, -0.2) is 18.9 Å². The highest BCUT2D eigenvalue weighted by Crippen LogP contribution is 2.27. The van der Waals surface area contributed by atoms with Crippen molar-refractivity contribution in [2.24, 2.45) is 5.73 Å². The Hall–Kier alpha value is -1.35. The van der Waals surface area contributed by atoms with Crippen LogP contribution in [0.25, 0.3) is 0 Å². The Bertz CT molecular complexity index is 426. The van der Waals surface area contributed by atoms with E-state index < -0.39 is 0 Å². The highest BCUT2D eigenvalue weighted by Gasteiger charge is 2.23. The van der Waals surface area contributed by atoms with Crippen molar-refractivity contribution in [1.82, 2.24) is 0 Å². The molecule has 0 heterocycles. The predicted octanol–water partition coefficient (Wildman–Crippen LogP) is 1.85. The predicted molar refractivity (Wildman–Crippen MR) is 63.0 cm³/mol. The van der Waals surface area contributed by atoms with E-state index in [9.17, 15) is 4.79 Å².